The first-order chi connectivity index (χ1) is 12.8. The fourth-order valence-corrected chi connectivity index (χ4v) is 4.30. The van der Waals surface area contributed by atoms with Crippen LogP contribution in [0, 0.1) is 0 Å². The summed E-state index contributed by atoms with van der Waals surface area (Å²) in [7, 11) is 0. The summed E-state index contributed by atoms with van der Waals surface area (Å²) in [6.07, 6.45) is 2.59. The summed E-state index contributed by atoms with van der Waals surface area (Å²) in [6, 6.07) is 22.8. The molecule has 2 fully saturated rings. The molecule has 3 nitrogen and oxygen atoms in total. The van der Waals surface area contributed by atoms with Crippen molar-refractivity contribution in [1.82, 2.24) is 10.2 Å². The second-order valence-corrected chi connectivity index (χ2v) is 7.82. The van der Waals surface area contributed by atoms with Crippen LogP contribution in [0.25, 0.3) is 0 Å². The highest BCUT2D eigenvalue weighted by Crippen LogP contribution is 2.47. The number of hydrogen-bond donors (Lipinski definition) is 1. The fourth-order valence-electron chi connectivity index (χ4n) is 4.30. The van der Waals surface area contributed by atoms with Crippen LogP contribution in [0.4, 0.5) is 0 Å². The summed E-state index contributed by atoms with van der Waals surface area (Å²) in [5.74, 6) is 0. The Morgan fingerprint density at radius 2 is 1.58 bits per heavy atom. The third-order valence-electron chi connectivity index (χ3n) is 6.06. The van der Waals surface area contributed by atoms with Gasteiger partial charge in [-0.05, 0) is 30.9 Å². The molecule has 1 N–H and O–H groups in total. The molecule has 138 valence electrons. The van der Waals surface area contributed by atoms with Crippen molar-refractivity contribution in [3.8, 4) is 0 Å². The lowest BCUT2D eigenvalue weighted by Crippen LogP contribution is -2.48. The van der Waals surface area contributed by atoms with Gasteiger partial charge in [-0.3, -0.25) is 4.90 Å². The van der Waals surface area contributed by atoms with Gasteiger partial charge in [-0.2, -0.15) is 0 Å². The number of hydrogen-bond acceptors (Lipinski definition) is 3. The quantitative estimate of drug-likeness (QED) is 0.823. The van der Waals surface area contributed by atoms with Crippen molar-refractivity contribution in [2.45, 2.75) is 37.3 Å². The lowest BCUT2D eigenvalue weighted by molar-refractivity contribution is 0.00853. The highest BCUT2D eigenvalue weighted by molar-refractivity contribution is 5.32. The number of ether oxygens (including phenoxy) is 1. The third-order valence-corrected chi connectivity index (χ3v) is 6.06. The van der Waals surface area contributed by atoms with Crippen LogP contribution < -0.4 is 5.32 Å². The minimum atomic E-state index is 0.349. The van der Waals surface area contributed by atoms with Crippen LogP contribution in [0.5, 0.6) is 0 Å². The summed E-state index contributed by atoms with van der Waals surface area (Å²) in [5, 5.41) is 3.90. The van der Waals surface area contributed by atoms with Crippen molar-refractivity contribution in [3.05, 3.63) is 71.8 Å². The van der Waals surface area contributed by atoms with Crippen LogP contribution in [-0.2, 0) is 10.2 Å². The Morgan fingerprint density at radius 3 is 2.19 bits per heavy atom. The molecule has 2 aliphatic rings. The predicted molar refractivity (Wildman–Crippen MR) is 106 cm³/mol. The van der Waals surface area contributed by atoms with E-state index in [-0.39, 0.29) is 0 Å². The van der Waals surface area contributed by atoms with E-state index in [1.54, 1.807) is 0 Å². The summed E-state index contributed by atoms with van der Waals surface area (Å²) >= 11 is 0. The van der Waals surface area contributed by atoms with E-state index < -0.39 is 0 Å². The van der Waals surface area contributed by atoms with E-state index in [1.165, 1.54) is 24.0 Å². The molecule has 1 aliphatic carbocycles. The van der Waals surface area contributed by atoms with E-state index >= 15 is 0 Å². The van der Waals surface area contributed by atoms with Gasteiger partial charge in [-0.1, -0.05) is 60.7 Å². The molecule has 3 heteroatoms. The normalized spacial score (nSPS) is 21.9. The molecule has 0 spiro atoms. The molecule has 0 aromatic heterocycles. The van der Waals surface area contributed by atoms with Gasteiger partial charge in [0.1, 0.15) is 0 Å². The average Bonchev–Trinajstić information content (AvgIpc) is 3.50. The van der Waals surface area contributed by atoms with Crippen LogP contribution in [0.2, 0.25) is 0 Å². The highest BCUT2D eigenvalue weighted by atomic mass is 16.5. The van der Waals surface area contributed by atoms with Gasteiger partial charge in [-0.25, -0.2) is 0 Å². The van der Waals surface area contributed by atoms with Gasteiger partial charge in [0.2, 0.25) is 0 Å². The van der Waals surface area contributed by atoms with Crippen LogP contribution in [-0.4, -0.2) is 43.8 Å². The van der Waals surface area contributed by atoms with Crippen molar-refractivity contribution >= 4 is 0 Å². The van der Waals surface area contributed by atoms with E-state index in [4.69, 9.17) is 4.74 Å². The Hall–Kier alpha value is -1.68. The first kappa shape index (κ1) is 17.7. The van der Waals surface area contributed by atoms with Gasteiger partial charge >= 0.3 is 0 Å². The highest BCUT2D eigenvalue weighted by Gasteiger charge is 2.44. The zero-order valence-corrected chi connectivity index (χ0v) is 15.7. The predicted octanol–water partition coefficient (Wildman–Crippen LogP) is 3.77. The summed E-state index contributed by atoms with van der Waals surface area (Å²) in [5.41, 5.74) is 3.24. The SMILES string of the molecule is C[C@@H](NCC1(c2ccccc2)CC1)[C@@H](c1ccccc1)N1CCOCC1. The topological polar surface area (TPSA) is 24.5 Å². The maximum Gasteiger partial charge on any atom is 0.0594 e. The number of nitrogens with one attached hydrogen (secondary N) is 1. The molecule has 0 amide bonds. The smallest absolute Gasteiger partial charge is 0.0594 e. The Balaban J connectivity index is 1.47. The Labute approximate surface area is 157 Å². The average molecular weight is 351 g/mol. The summed E-state index contributed by atoms with van der Waals surface area (Å²) < 4.78 is 5.59. The lowest BCUT2D eigenvalue weighted by Gasteiger charge is -2.39. The first-order valence-corrected chi connectivity index (χ1v) is 9.94. The molecular weight excluding hydrogens is 320 g/mol. The maximum atomic E-state index is 5.59. The number of nitrogens with zero attached hydrogens (tertiary/aromatic N) is 1. The van der Waals surface area contributed by atoms with E-state index in [0.29, 0.717) is 17.5 Å². The van der Waals surface area contributed by atoms with E-state index in [2.05, 4.69) is 77.8 Å². The summed E-state index contributed by atoms with van der Waals surface area (Å²) in [4.78, 5) is 2.58. The first-order valence-electron chi connectivity index (χ1n) is 9.94. The number of morpholine rings is 1. The van der Waals surface area contributed by atoms with E-state index in [0.717, 1.165) is 32.8 Å². The Bertz CT molecular complexity index is 678. The monoisotopic (exact) mass is 350 g/mol. The molecule has 1 heterocycles. The van der Waals surface area contributed by atoms with Crippen molar-refractivity contribution in [1.29, 1.82) is 0 Å². The second kappa shape index (κ2) is 7.91. The molecule has 0 bridgehead atoms. The van der Waals surface area contributed by atoms with Crippen molar-refractivity contribution in [3.63, 3.8) is 0 Å². The number of benzene rings is 2. The summed E-state index contributed by atoms with van der Waals surface area (Å²) in [6.45, 7) is 7.10. The molecule has 26 heavy (non-hydrogen) atoms. The minimum absolute atomic E-state index is 0.349. The van der Waals surface area contributed by atoms with Crippen molar-refractivity contribution < 1.29 is 4.74 Å². The second-order valence-electron chi connectivity index (χ2n) is 7.82. The Kier molecular flexibility index (Phi) is 5.39. The van der Waals surface area contributed by atoms with Crippen LogP contribution in [0.15, 0.2) is 60.7 Å². The zero-order valence-electron chi connectivity index (χ0n) is 15.7. The van der Waals surface area contributed by atoms with Gasteiger partial charge in [0.05, 0.1) is 19.3 Å². The van der Waals surface area contributed by atoms with Crippen LogP contribution >= 0.6 is 0 Å². The van der Waals surface area contributed by atoms with Gasteiger partial charge < -0.3 is 10.1 Å². The largest absolute Gasteiger partial charge is 0.379 e. The molecule has 2 aromatic carbocycles. The standard InChI is InChI=1S/C23H30N2O/c1-19(24-18-23(12-13-23)21-10-6-3-7-11-21)22(20-8-4-2-5-9-20)25-14-16-26-17-15-25/h2-11,19,22,24H,12-18H2,1H3/t19-,22+/m1/s1. The molecule has 0 radical (unpaired) electrons. The molecule has 2 atom stereocenters. The fraction of sp³-hybridized carbons (Fsp3) is 0.478. The molecule has 1 saturated heterocycles. The van der Waals surface area contributed by atoms with Crippen LogP contribution in [0.1, 0.15) is 36.9 Å². The Morgan fingerprint density at radius 1 is 0.962 bits per heavy atom. The van der Waals surface area contributed by atoms with Gasteiger partial charge in [0.15, 0.2) is 0 Å². The molecule has 4 rings (SSSR count). The van der Waals surface area contributed by atoms with Gasteiger partial charge in [0.25, 0.3) is 0 Å². The van der Waals surface area contributed by atoms with E-state index in [9.17, 15) is 0 Å². The van der Waals surface area contributed by atoms with Crippen LogP contribution in [0.3, 0.4) is 0 Å². The minimum Gasteiger partial charge on any atom is -0.379 e. The third kappa shape index (κ3) is 3.85. The molecule has 2 aromatic rings. The molecule has 1 aliphatic heterocycles. The van der Waals surface area contributed by atoms with Crippen molar-refractivity contribution in [2.75, 3.05) is 32.8 Å². The molecular formula is C23H30N2O. The van der Waals surface area contributed by atoms with Gasteiger partial charge in [0, 0.05) is 31.1 Å². The number of rotatable bonds is 7. The maximum absolute atomic E-state index is 5.59. The van der Waals surface area contributed by atoms with Crippen molar-refractivity contribution in [2.24, 2.45) is 0 Å². The molecule has 0 unspecified atom stereocenters. The molecule has 1 saturated carbocycles. The van der Waals surface area contributed by atoms with E-state index in [1.807, 2.05) is 0 Å². The van der Waals surface area contributed by atoms with Gasteiger partial charge in [-0.15, -0.1) is 0 Å². The zero-order chi connectivity index (χ0) is 17.8. The lowest BCUT2D eigenvalue weighted by atomic mass is 9.94.